The van der Waals surface area contributed by atoms with E-state index in [0.29, 0.717) is 6.54 Å². The highest BCUT2D eigenvalue weighted by Gasteiger charge is 2.38. The van der Waals surface area contributed by atoms with Gasteiger partial charge < -0.3 is 15.5 Å². The molecule has 1 aliphatic rings. The number of carbonyl (C=O) groups is 1. The lowest BCUT2D eigenvalue weighted by atomic mass is 9.80. The summed E-state index contributed by atoms with van der Waals surface area (Å²) in [7, 11) is 1.93. The Hall–Kier alpha value is -1.69. The van der Waals surface area contributed by atoms with Crippen molar-refractivity contribution in [3.63, 3.8) is 0 Å². The average molecular weight is 319 g/mol. The predicted molar refractivity (Wildman–Crippen MR) is 92.1 cm³/mol. The first-order valence-corrected chi connectivity index (χ1v) is 8.58. The SMILES string of the molecule is CCC(CC)(CN)C(=O)N(C)C1CCN(c2cccnn2)CC1. The van der Waals surface area contributed by atoms with Crippen LogP contribution in [-0.2, 0) is 4.79 Å². The molecule has 1 fully saturated rings. The van der Waals surface area contributed by atoms with Crippen molar-refractivity contribution >= 4 is 11.7 Å². The first kappa shape index (κ1) is 17.7. The van der Waals surface area contributed by atoms with Crippen LogP contribution in [0.1, 0.15) is 39.5 Å². The molecule has 0 spiro atoms. The van der Waals surface area contributed by atoms with Crippen molar-refractivity contribution in [3.8, 4) is 0 Å². The molecule has 6 nitrogen and oxygen atoms in total. The summed E-state index contributed by atoms with van der Waals surface area (Å²) in [5.41, 5.74) is 5.52. The number of aromatic nitrogens is 2. The summed E-state index contributed by atoms with van der Waals surface area (Å²) >= 11 is 0. The van der Waals surface area contributed by atoms with Crippen molar-refractivity contribution < 1.29 is 4.79 Å². The van der Waals surface area contributed by atoms with Crippen molar-refractivity contribution in [2.24, 2.45) is 11.1 Å². The van der Waals surface area contributed by atoms with E-state index in [1.165, 1.54) is 0 Å². The zero-order chi connectivity index (χ0) is 16.9. The van der Waals surface area contributed by atoms with E-state index in [4.69, 9.17) is 5.73 Å². The van der Waals surface area contributed by atoms with Crippen molar-refractivity contribution in [2.45, 2.75) is 45.6 Å². The van der Waals surface area contributed by atoms with Crippen molar-refractivity contribution in [2.75, 3.05) is 31.6 Å². The number of piperidine rings is 1. The molecule has 0 radical (unpaired) electrons. The van der Waals surface area contributed by atoms with E-state index in [1.807, 2.05) is 24.1 Å². The van der Waals surface area contributed by atoms with Gasteiger partial charge in [0.1, 0.15) is 0 Å². The molecule has 1 aromatic heterocycles. The van der Waals surface area contributed by atoms with E-state index >= 15 is 0 Å². The summed E-state index contributed by atoms with van der Waals surface area (Å²) in [5.74, 6) is 1.11. The highest BCUT2D eigenvalue weighted by atomic mass is 16.2. The van der Waals surface area contributed by atoms with Crippen LogP contribution in [-0.4, -0.2) is 53.7 Å². The molecule has 0 unspecified atom stereocenters. The van der Waals surface area contributed by atoms with E-state index in [0.717, 1.165) is 44.6 Å². The highest BCUT2D eigenvalue weighted by molar-refractivity contribution is 5.83. The van der Waals surface area contributed by atoms with Crippen LogP contribution in [0, 0.1) is 5.41 Å². The minimum atomic E-state index is -0.406. The minimum Gasteiger partial charge on any atom is -0.355 e. The third-order valence-electron chi connectivity index (χ3n) is 5.41. The molecule has 2 rings (SSSR count). The summed E-state index contributed by atoms with van der Waals surface area (Å²) in [5, 5.41) is 8.10. The quantitative estimate of drug-likeness (QED) is 0.863. The molecule has 1 aliphatic heterocycles. The third-order valence-corrected chi connectivity index (χ3v) is 5.41. The van der Waals surface area contributed by atoms with Gasteiger partial charge in [-0.2, -0.15) is 5.10 Å². The lowest BCUT2D eigenvalue weighted by Crippen LogP contribution is -2.52. The van der Waals surface area contributed by atoms with Crippen LogP contribution in [0.4, 0.5) is 5.82 Å². The lowest BCUT2D eigenvalue weighted by Gasteiger charge is -2.41. The monoisotopic (exact) mass is 319 g/mol. The molecular weight excluding hydrogens is 290 g/mol. The Bertz CT molecular complexity index is 487. The second-order valence-corrected chi connectivity index (χ2v) is 6.41. The van der Waals surface area contributed by atoms with E-state index in [1.54, 1.807) is 6.20 Å². The fraction of sp³-hybridized carbons (Fsp3) is 0.706. The highest BCUT2D eigenvalue weighted by Crippen LogP contribution is 2.30. The van der Waals surface area contributed by atoms with Gasteiger partial charge in [-0.15, -0.1) is 5.10 Å². The molecule has 0 saturated carbocycles. The largest absolute Gasteiger partial charge is 0.355 e. The molecule has 1 saturated heterocycles. The Morgan fingerprint density at radius 1 is 1.39 bits per heavy atom. The molecule has 23 heavy (non-hydrogen) atoms. The van der Waals surface area contributed by atoms with Gasteiger partial charge in [-0.3, -0.25) is 4.79 Å². The Kier molecular flexibility index (Phi) is 5.93. The Labute approximate surface area is 139 Å². The summed E-state index contributed by atoms with van der Waals surface area (Å²) < 4.78 is 0. The maximum Gasteiger partial charge on any atom is 0.230 e. The topological polar surface area (TPSA) is 75.4 Å². The normalized spacial score (nSPS) is 16.4. The molecule has 0 atom stereocenters. The number of anilines is 1. The van der Waals surface area contributed by atoms with Gasteiger partial charge in [0.2, 0.25) is 5.91 Å². The number of hydrogen-bond donors (Lipinski definition) is 1. The van der Waals surface area contributed by atoms with Gasteiger partial charge >= 0.3 is 0 Å². The van der Waals surface area contributed by atoms with E-state index in [9.17, 15) is 4.79 Å². The van der Waals surface area contributed by atoms with Crippen LogP contribution in [0.2, 0.25) is 0 Å². The zero-order valence-corrected chi connectivity index (χ0v) is 14.5. The van der Waals surface area contributed by atoms with E-state index in [2.05, 4.69) is 28.9 Å². The molecule has 0 bridgehead atoms. The first-order valence-electron chi connectivity index (χ1n) is 8.58. The lowest BCUT2D eigenvalue weighted by molar-refractivity contribution is -0.143. The minimum absolute atomic E-state index is 0.197. The number of rotatable bonds is 6. The van der Waals surface area contributed by atoms with Crippen LogP contribution < -0.4 is 10.6 Å². The summed E-state index contributed by atoms with van der Waals surface area (Å²) in [6.45, 7) is 6.32. The van der Waals surface area contributed by atoms with Gasteiger partial charge in [-0.05, 0) is 37.8 Å². The number of nitrogens with two attached hydrogens (primary N) is 1. The Morgan fingerprint density at radius 2 is 2.04 bits per heavy atom. The second-order valence-electron chi connectivity index (χ2n) is 6.41. The van der Waals surface area contributed by atoms with Gasteiger partial charge in [0.25, 0.3) is 0 Å². The summed E-state index contributed by atoms with van der Waals surface area (Å²) in [6.07, 6.45) is 5.17. The Balaban J connectivity index is 1.98. The first-order chi connectivity index (χ1) is 11.1. The Morgan fingerprint density at radius 3 is 2.52 bits per heavy atom. The van der Waals surface area contributed by atoms with Crippen molar-refractivity contribution in [3.05, 3.63) is 18.3 Å². The number of carbonyl (C=O) groups excluding carboxylic acids is 1. The molecule has 6 heteroatoms. The molecule has 0 aliphatic carbocycles. The van der Waals surface area contributed by atoms with Crippen LogP contribution in [0.5, 0.6) is 0 Å². The second kappa shape index (κ2) is 7.73. The van der Waals surface area contributed by atoms with Crippen LogP contribution in [0.25, 0.3) is 0 Å². The molecular formula is C17H29N5O. The van der Waals surface area contributed by atoms with Gasteiger partial charge in [-0.1, -0.05) is 13.8 Å². The van der Waals surface area contributed by atoms with E-state index < -0.39 is 5.41 Å². The zero-order valence-electron chi connectivity index (χ0n) is 14.5. The van der Waals surface area contributed by atoms with Crippen LogP contribution in [0.15, 0.2) is 18.3 Å². The fourth-order valence-electron chi connectivity index (χ4n) is 3.41. The number of hydrogen-bond acceptors (Lipinski definition) is 5. The smallest absolute Gasteiger partial charge is 0.230 e. The molecule has 0 aromatic carbocycles. The molecule has 2 N–H and O–H groups in total. The van der Waals surface area contributed by atoms with E-state index in [-0.39, 0.29) is 11.9 Å². The van der Waals surface area contributed by atoms with Crippen LogP contribution in [0.3, 0.4) is 0 Å². The third kappa shape index (κ3) is 3.63. The molecule has 128 valence electrons. The van der Waals surface area contributed by atoms with Crippen molar-refractivity contribution in [1.82, 2.24) is 15.1 Å². The van der Waals surface area contributed by atoms with Gasteiger partial charge in [-0.25, -0.2) is 0 Å². The maximum atomic E-state index is 12.9. The maximum absolute atomic E-state index is 12.9. The molecule has 1 aromatic rings. The fourth-order valence-corrected chi connectivity index (χ4v) is 3.41. The van der Waals surface area contributed by atoms with Gasteiger partial charge in [0, 0.05) is 38.9 Å². The van der Waals surface area contributed by atoms with Crippen LogP contribution >= 0.6 is 0 Å². The predicted octanol–water partition coefficient (Wildman–Crippen LogP) is 1.67. The number of nitrogens with zero attached hydrogens (tertiary/aromatic N) is 4. The van der Waals surface area contributed by atoms with Gasteiger partial charge in [0.05, 0.1) is 5.41 Å². The number of amides is 1. The average Bonchev–Trinajstić information content (AvgIpc) is 2.64. The molecule has 2 heterocycles. The molecule has 1 amide bonds. The summed E-state index contributed by atoms with van der Waals surface area (Å²) in [4.78, 5) is 17.1. The standard InChI is InChI=1S/C17H29N5O/c1-4-17(5-2,13-18)16(23)21(3)14-8-11-22(12-9-14)15-7-6-10-19-20-15/h6-7,10,14H,4-5,8-9,11-13,18H2,1-3H3. The summed E-state index contributed by atoms with van der Waals surface area (Å²) in [6, 6.07) is 4.16. The van der Waals surface area contributed by atoms with Gasteiger partial charge in [0.15, 0.2) is 5.82 Å². The van der Waals surface area contributed by atoms with Crippen molar-refractivity contribution in [1.29, 1.82) is 0 Å².